The Balaban J connectivity index is 0.00000225. The van der Waals surface area contributed by atoms with E-state index in [2.05, 4.69) is 32.0 Å². The highest BCUT2D eigenvalue weighted by molar-refractivity contribution is 5.43. The smallest absolute Gasteiger partial charge is 0.122 e. The van der Waals surface area contributed by atoms with E-state index in [1.165, 1.54) is 76.6 Å². The second-order valence-electron chi connectivity index (χ2n) is 8.81. The molecule has 142 valence electrons. The normalized spacial score (nSPS) is 24.9. The number of fused-ring (bicyclic) bond motifs is 1. The molecule has 1 N–H and O–H groups in total. The average molecular weight is 366 g/mol. The quantitative estimate of drug-likeness (QED) is 0.742. The Morgan fingerprint density at radius 1 is 1.20 bits per heavy atom. The number of nitrogens with one attached hydrogen (secondary N) is 1. The van der Waals surface area contributed by atoms with Crippen molar-refractivity contribution < 1.29 is 22.0 Å². The molecule has 0 saturated carbocycles. The fourth-order valence-electron chi connectivity index (χ4n) is 5.05. The molecule has 25 heavy (non-hydrogen) atoms. The highest BCUT2D eigenvalue weighted by atomic mass is 35.5. The van der Waals surface area contributed by atoms with Crippen LogP contribution in [0.15, 0.2) is 18.2 Å². The van der Waals surface area contributed by atoms with Crippen molar-refractivity contribution in [3.8, 4) is 5.75 Å². The summed E-state index contributed by atoms with van der Waals surface area (Å²) in [6.45, 7) is 9.03. The van der Waals surface area contributed by atoms with E-state index >= 15 is 0 Å². The van der Waals surface area contributed by atoms with Crippen LogP contribution in [0.3, 0.4) is 0 Å². The lowest BCUT2D eigenvalue weighted by Gasteiger charge is -2.35. The fraction of sp³-hybridized carbons (Fsp3) is 0.727. The number of piperidine rings is 1. The molecule has 0 aromatic heterocycles. The van der Waals surface area contributed by atoms with Crippen molar-refractivity contribution in [3.63, 3.8) is 0 Å². The van der Waals surface area contributed by atoms with E-state index in [4.69, 9.17) is 4.74 Å². The number of likely N-dealkylation sites (tertiary alicyclic amines) is 1. The first-order valence-electron chi connectivity index (χ1n) is 10.1. The Morgan fingerprint density at radius 2 is 2.04 bits per heavy atom. The first kappa shape index (κ1) is 20.6. The zero-order chi connectivity index (χ0) is 17.0. The molecule has 1 aliphatic carbocycles. The molecule has 0 amide bonds. The Kier molecular flexibility index (Phi) is 7.64. The van der Waals surface area contributed by atoms with Crippen molar-refractivity contribution in [1.29, 1.82) is 0 Å². The number of unbranched alkanes of at least 4 members (excludes halogenated alkanes) is 1. The van der Waals surface area contributed by atoms with E-state index in [0.717, 1.165) is 11.7 Å². The van der Waals surface area contributed by atoms with Gasteiger partial charge in [0.05, 0.1) is 26.7 Å². The lowest BCUT2D eigenvalue weighted by Crippen LogP contribution is -3.14. The molecule has 3 heteroatoms. The Labute approximate surface area is 160 Å². The number of quaternary nitrogens is 1. The maximum Gasteiger partial charge on any atom is 0.122 e. The van der Waals surface area contributed by atoms with E-state index in [1.54, 1.807) is 5.56 Å². The minimum atomic E-state index is 0. The Bertz CT molecular complexity index is 543. The number of ether oxygens (including phenoxy) is 1. The topological polar surface area (TPSA) is 13.7 Å². The molecule has 2 aliphatic rings. The van der Waals surface area contributed by atoms with Crippen LogP contribution >= 0.6 is 0 Å². The van der Waals surface area contributed by atoms with Crippen LogP contribution in [0.5, 0.6) is 5.75 Å². The van der Waals surface area contributed by atoms with Gasteiger partial charge in [-0.2, -0.15) is 0 Å². The second-order valence-corrected chi connectivity index (χ2v) is 8.81. The predicted molar refractivity (Wildman–Crippen MR) is 101 cm³/mol. The van der Waals surface area contributed by atoms with Crippen LogP contribution in [0.1, 0.15) is 75.8 Å². The number of benzene rings is 1. The molecule has 0 spiro atoms. The van der Waals surface area contributed by atoms with Gasteiger partial charge >= 0.3 is 0 Å². The van der Waals surface area contributed by atoms with E-state index in [0.29, 0.717) is 5.41 Å². The van der Waals surface area contributed by atoms with Gasteiger partial charge in [-0.3, -0.25) is 0 Å². The third-order valence-electron chi connectivity index (χ3n) is 6.25. The molecule has 2 nitrogen and oxygen atoms in total. The van der Waals surface area contributed by atoms with Gasteiger partial charge in [0.25, 0.3) is 0 Å². The SMILES string of the molecule is COc1cccc2c1CCCC2CCCC[NH+]1CCCC(C)(C)C1.[Cl-]. The standard InChI is InChI=1S/C22H35NO.ClH/c1-22(2)14-8-16-23(17-22)15-5-4-9-18-10-6-12-20-19(18)11-7-13-21(20)24-3;/h7,11,13,18H,4-6,8-10,12,14-17H2,1-3H3;1H. The third kappa shape index (κ3) is 5.37. The first-order chi connectivity index (χ1) is 11.6. The average Bonchev–Trinajstić information content (AvgIpc) is 2.57. The summed E-state index contributed by atoms with van der Waals surface area (Å²) in [6.07, 6.45) is 10.8. The minimum Gasteiger partial charge on any atom is -1.00 e. The summed E-state index contributed by atoms with van der Waals surface area (Å²) in [7, 11) is 1.81. The predicted octanol–water partition coefficient (Wildman–Crippen LogP) is 0.994. The maximum absolute atomic E-state index is 5.58. The van der Waals surface area contributed by atoms with E-state index < -0.39 is 0 Å². The Morgan fingerprint density at radius 3 is 2.80 bits per heavy atom. The lowest BCUT2D eigenvalue weighted by molar-refractivity contribution is -0.912. The van der Waals surface area contributed by atoms with Crippen LogP contribution in [0.4, 0.5) is 0 Å². The lowest BCUT2D eigenvalue weighted by atomic mass is 9.80. The van der Waals surface area contributed by atoms with Crippen molar-refractivity contribution in [2.75, 3.05) is 26.7 Å². The zero-order valence-corrected chi connectivity index (χ0v) is 17.1. The second kappa shape index (κ2) is 9.28. The first-order valence-corrected chi connectivity index (χ1v) is 10.1. The van der Waals surface area contributed by atoms with Gasteiger partial charge in [-0.1, -0.05) is 26.0 Å². The number of hydrogen-bond acceptors (Lipinski definition) is 1. The molecular weight excluding hydrogens is 330 g/mol. The van der Waals surface area contributed by atoms with Crippen molar-refractivity contribution in [2.24, 2.45) is 5.41 Å². The molecule has 0 bridgehead atoms. The van der Waals surface area contributed by atoms with Gasteiger partial charge in [0, 0.05) is 5.41 Å². The molecule has 0 radical (unpaired) electrons. The molecule has 1 aromatic rings. The van der Waals surface area contributed by atoms with E-state index in [9.17, 15) is 0 Å². The summed E-state index contributed by atoms with van der Waals surface area (Å²) >= 11 is 0. The number of hydrogen-bond donors (Lipinski definition) is 1. The zero-order valence-electron chi connectivity index (χ0n) is 16.4. The number of halogens is 1. The summed E-state index contributed by atoms with van der Waals surface area (Å²) < 4.78 is 5.58. The van der Waals surface area contributed by atoms with Crippen LogP contribution in [0.25, 0.3) is 0 Å². The van der Waals surface area contributed by atoms with Crippen LogP contribution in [-0.2, 0) is 6.42 Å². The van der Waals surface area contributed by atoms with Crippen LogP contribution in [0.2, 0.25) is 0 Å². The Hall–Kier alpha value is -0.730. The van der Waals surface area contributed by atoms with Crippen LogP contribution in [0, 0.1) is 5.41 Å². The van der Waals surface area contributed by atoms with Gasteiger partial charge in [0.2, 0.25) is 0 Å². The van der Waals surface area contributed by atoms with Gasteiger partial charge in [-0.15, -0.1) is 0 Å². The van der Waals surface area contributed by atoms with E-state index in [-0.39, 0.29) is 12.4 Å². The number of rotatable bonds is 6. The third-order valence-corrected chi connectivity index (χ3v) is 6.25. The van der Waals surface area contributed by atoms with Gasteiger partial charge in [0.1, 0.15) is 5.75 Å². The van der Waals surface area contributed by atoms with Crippen molar-refractivity contribution in [1.82, 2.24) is 0 Å². The summed E-state index contributed by atoms with van der Waals surface area (Å²) in [5, 5.41) is 0. The van der Waals surface area contributed by atoms with Gasteiger partial charge < -0.3 is 22.0 Å². The van der Waals surface area contributed by atoms with Gasteiger partial charge in [0.15, 0.2) is 0 Å². The summed E-state index contributed by atoms with van der Waals surface area (Å²) in [4.78, 5) is 1.84. The largest absolute Gasteiger partial charge is 1.00 e. The van der Waals surface area contributed by atoms with E-state index in [1.807, 2.05) is 12.0 Å². The molecule has 1 aliphatic heterocycles. The van der Waals surface area contributed by atoms with Gasteiger partial charge in [-0.25, -0.2) is 0 Å². The molecular formula is C22H36ClNO. The van der Waals surface area contributed by atoms with Crippen molar-refractivity contribution >= 4 is 0 Å². The molecule has 1 saturated heterocycles. The fourth-order valence-corrected chi connectivity index (χ4v) is 5.05. The summed E-state index contributed by atoms with van der Waals surface area (Å²) in [6, 6.07) is 6.65. The monoisotopic (exact) mass is 365 g/mol. The molecule has 2 unspecified atom stereocenters. The van der Waals surface area contributed by atoms with Crippen LogP contribution in [-0.4, -0.2) is 26.7 Å². The van der Waals surface area contributed by atoms with Crippen molar-refractivity contribution in [3.05, 3.63) is 29.3 Å². The minimum absolute atomic E-state index is 0. The van der Waals surface area contributed by atoms with Gasteiger partial charge in [-0.05, 0) is 74.5 Å². The highest BCUT2D eigenvalue weighted by Crippen LogP contribution is 2.39. The molecule has 1 aromatic carbocycles. The summed E-state index contributed by atoms with van der Waals surface area (Å²) in [5.41, 5.74) is 3.62. The van der Waals surface area contributed by atoms with Crippen molar-refractivity contribution in [2.45, 2.75) is 71.1 Å². The summed E-state index contributed by atoms with van der Waals surface area (Å²) in [5.74, 6) is 1.87. The molecule has 1 fully saturated rings. The maximum atomic E-state index is 5.58. The highest BCUT2D eigenvalue weighted by Gasteiger charge is 2.29. The number of methoxy groups -OCH3 is 1. The molecule has 2 atom stereocenters. The molecule has 3 rings (SSSR count). The van der Waals surface area contributed by atoms with Crippen LogP contribution < -0.4 is 22.0 Å². The molecule has 1 heterocycles.